The van der Waals surface area contributed by atoms with E-state index in [1.54, 1.807) is 6.92 Å². The van der Waals surface area contributed by atoms with E-state index in [0.717, 1.165) is 23.3 Å². The highest BCUT2D eigenvalue weighted by atomic mass is 16.5. The summed E-state index contributed by atoms with van der Waals surface area (Å²) in [6.07, 6.45) is 9.35. The van der Waals surface area contributed by atoms with E-state index in [1.807, 2.05) is 26.8 Å². The largest absolute Gasteiger partial charge is 0.488 e. The average Bonchev–Trinajstić information content (AvgIpc) is 2.72. The summed E-state index contributed by atoms with van der Waals surface area (Å²) >= 11 is 0. The summed E-state index contributed by atoms with van der Waals surface area (Å²) in [7, 11) is 2.97. The van der Waals surface area contributed by atoms with Gasteiger partial charge < -0.3 is 19.6 Å². The number of H-pyrrole nitrogens is 1. The van der Waals surface area contributed by atoms with E-state index >= 15 is 0 Å². The molecule has 0 aromatic carbocycles. The Kier molecular flexibility index (Phi) is 10.6. The van der Waals surface area contributed by atoms with Gasteiger partial charge in [-0.25, -0.2) is 0 Å². The van der Waals surface area contributed by atoms with Crippen molar-refractivity contribution in [1.82, 2.24) is 4.98 Å². The number of rotatable bonds is 10. The molecule has 0 saturated carbocycles. The molecule has 0 aliphatic carbocycles. The lowest BCUT2D eigenvalue weighted by atomic mass is 9.95. The summed E-state index contributed by atoms with van der Waals surface area (Å²) in [5.41, 5.74) is 5.89. The van der Waals surface area contributed by atoms with Gasteiger partial charge in [0.15, 0.2) is 0 Å². The molecule has 0 fully saturated rings. The van der Waals surface area contributed by atoms with Crippen LogP contribution in [0.4, 0.5) is 0 Å². The van der Waals surface area contributed by atoms with Gasteiger partial charge in [0.25, 0.3) is 0 Å². The van der Waals surface area contributed by atoms with Crippen molar-refractivity contribution < 1.29 is 14.6 Å². The summed E-state index contributed by atoms with van der Waals surface area (Å²) in [6, 6.07) is 0. The topological polar surface area (TPSA) is 71.6 Å². The Morgan fingerprint density at radius 2 is 1.77 bits per heavy atom. The Morgan fingerprint density at radius 1 is 1.13 bits per heavy atom. The first-order valence-electron chi connectivity index (χ1n) is 10.7. The van der Waals surface area contributed by atoms with Crippen molar-refractivity contribution in [3.05, 3.63) is 68.1 Å². The zero-order chi connectivity index (χ0) is 23.7. The van der Waals surface area contributed by atoms with Crippen molar-refractivity contribution in [2.24, 2.45) is 5.92 Å². The number of ether oxygens (including phenoxy) is 2. The predicted molar refractivity (Wildman–Crippen MR) is 129 cm³/mol. The number of methoxy groups -OCH3 is 2. The number of pyridine rings is 1. The second kappa shape index (κ2) is 12.4. The summed E-state index contributed by atoms with van der Waals surface area (Å²) < 4.78 is 10.4. The number of aromatic amines is 1. The van der Waals surface area contributed by atoms with Gasteiger partial charge in [-0.05, 0) is 53.5 Å². The molecule has 0 aliphatic heterocycles. The second-order valence-corrected chi connectivity index (χ2v) is 8.29. The van der Waals surface area contributed by atoms with E-state index in [9.17, 15) is 9.90 Å². The van der Waals surface area contributed by atoms with Crippen LogP contribution in [0.1, 0.15) is 59.2 Å². The van der Waals surface area contributed by atoms with Crippen molar-refractivity contribution in [3.8, 4) is 11.6 Å². The molecule has 1 rings (SSSR count). The molecule has 0 radical (unpaired) electrons. The minimum absolute atomic E-state index is 0.0572. The normalized spacial score (nSPS) is 15.7. The highest BCUT2D eigenvalue weighted by Crippen LogP contribution is 2.23. The van der Waals surface area contributed by atoms with E-state index < -0.39 is 6.10 Å². The maximum absolute atomic E-state index is 12.5. The van der Waals surface area contributed by atoms with E-state index in [4.69, 9.17) is 9.47 Å². The lowest BCUT2D eigenvalue weighted by molar-refractivity contribution is 0.173. The molecular formula is C26H39NO4. The maximum Gasteiger partial charge on any atom is 0.238 e. The van der Waals surface area contributed by atoms with Crippen molar-refractivity contribution in [1.29, 1.82) is 0 Å². The lowest BCUT2D eigenvalue weighted by Gasteiger charge is -2.17. The number of aliphatic hydroxyl groups is 1. The molecule has 5 heteroatoms. The molecule has 0 aliphatic rings. The van der Waals surface area contributed by atoms with Crippen molar-refractivity contribution in [3.63, 3.8) is 0 Å². The summed E-state index contributed by atoms with van der Waals surface area (Å²) in [4.78, 5) is 15.6. The second-order valence-electron chi connectivity index (χ2n) is 8.29. The number of nitrogens with one attached hydrogen (secondary N) is 1. The van der Waals surface area contributed by atoms with Crippen LogP contribution in [0, 0.1) is 12.8 Å². The Balaban J connectivity index is 2.92. The van der Waals surface area contributed by atoms with Gasteiger partial charge in [0.2, 0.25) is 17.1 Å². The molecule has 2 N–H and O–H groups in total. The Morgan fingerprint density at radius 3 is 2.32 bits per heavy atom. The fraction of sp³-hybridized carbons (Fsp3) is 0.500. The average molecular weight is 430 g/mol. The zero-order valence-electron chi connectivity index (χ0n) is 20.6. The number of allylic oxidation sites excluding steroid dienone is 6. The molecule has 5 nitrogen and oxygen atoms in total. The first-order chi connectivity index (χ1) is 14.5. The lowest BCUT2D eigenvalue weighted by Crippen LogP contribution is -2.17. The van der Waals surface area contributed by atoms with E-state index in [1.165, 1.54) is 25.4 Å². The van der Waals surface area contributed by atoms with Gasteiger partial charge in [0, 0.05) is 23.6 Å². The monoisotopic (exact) mass is 429 g/mol. The summed E-state index contributed by atoms with van der Waals surface area (Å²) in [5.74, 6) is 0.608. The van der Waals surface area contributed by atoms with Crippen LogP contribution in [0.2, 0.25) is 0 Å². The van der Waals surface area contributed by atoms with Crippen LogP contribution in [0.3, 0.4) is 0 Å². The molecular weight excluding hydrogens is 390 g/mol. The minimum atomic E-state index is -0.456. The smallest absolute Gasteiger partial charge is 0.238 e. The zero-order valence-corrected chi connectivity index (χ0v) is 20.6. The van der Waals surface area contributed by atoms with Gasteiger partial charge in [-0.15, -0.1) is 0 Å². The van der Waals surface area contributed by atoms with Crippen LogP contribution in [0.15, 0.2) is 51.4 Å². The molecule has 172 valence electrons. The molecule has 2 unspecified atom stereocenters. The molecule has 0 spiro atoms. The number of aromatic nitrogens is 1. The van der Waals surface area contributed by atoms with Gasteiger partial charge >= 0.3 is 0 Å². The molecule has 0 amide bonds. The maximum atomic E-state index is 12.5. The Bertz CT molecular complexity index is 931. The minimum Gasteiger partial charge on any atom is -0.488 e. The third-order valence-electron chi connectivity index (χ3n) is 5.51. The van der Waals surface area contributed by atoms with Gasteiger partial charge in [0.05, 0.1) is 20.3 Å². The Hall–Kier alpha value is -2.53. The third-order valence-corrected chi connectivity index (χ3v) is 5.51. The molecule has 31 heavy (non-hydrogen) atoms. The molecule has 1 aromatic rings. The van der Waals surface area contributed by atoms with Crippen LogP contribution >= 0.6 is 0 Å². The van der Waals surface area contributed by atoms with Gasteiger partial charge in [0.1, 0.15) is 0 Å². The van der Waals surface area contributed by atoms with Crippen molar-refractivity contribution in [2.75, 3.05) is 14.2 Å². The molecule has 2 atom stereocenters. The van der Waals surface area contributed by atoms with Gasteiger partial charge in [-0.1, -0.05) is 47.9 Å². The predicted octanol–water partition coefficient (Wildman–Crippen LogP) is 5.44. The van der Waals surface area contributed by atoms with Gasteiger partial charge in [-0.2, -0.15) is 0 Å². The van der Waals surface area contributed by atoms with Crippen LogP contribution in [0.25, 0.3) is 0 Å². The molecule has 0 bridgehead atoms. The molecule has 1 aromatic heterocycles. The number of hydrogen-bond acceptors (Lipinski definition) is 4. The van der Waals surface area contributed by atoms with Crippen LogP contribution in [-0.4, -0.2) is 30.4 Å². The van der Waals surface area contributed by atoms with Gasteiger partial charge in [-0.3, -0.25) is 4.79 Å². The van der Waals surface area contributed by atoms with Crippen molar-refractivity contribution >= 4 is 0 Å². The van der Waals surface area contributed by atoms with Crippen LogP contribution < -0.4 is 14.9 Å². The quantitative estimate of drug-likeness (QED) is 0.384. The van der Waals surface area contributed by atoms with Crippen LogP contribution in [0.5, 0.6) is 11.6 Å². The third kappa shape index (κ3) is 7.59. The van der Waals surface area contributed by atoms with E-state index in [0.29, 0.717) is 17.9 Å². The highest BCUT2D eigenvalue weighted by molar-refractivity contribution is 5.40. The van der Waals surface area contributed by atoms with E-state index in [2.05, 4.69) is 44.0 Å². The molecule has 0 saturated heterocycles. The first kappa shape index (κ1) is 26.5. The standard InChI is InChI=1S/C26H39NO4/c1-10-19(5)23(28)20(6)15-18(4)14-17(3)13-16(2)11-12-22-21(7)24(29)25(30-8)26(27-22)31-9/h10-11,14-15,20,23,28H,12-13H2,1-9H3,(H,27,29). The van der Waals surface area contributed by atoms with E-state index in [-0.39, 0.29) is 17.1 Å². The number of hydrogen-bond donors (Lipinski definition) is 2. The van der Waals surface area contributed by atoms with Crippen LogP contribution in [-0.2, 0) is 6.42 Å². The summed E-state index contributed by atoms with van der Waals surface area (Å²) in [5, 5.41) is 10.3. The fourth-order valence-electron chi connectivity index (χ4n) is 3.60. The summed E-state index contributed by atoms with van der Waals surface area (Å²) in [6.45, 7) is 14.0. The van der Waals surface area contributed by atoms with Crippen molar-refractivity contribution in [2.45, 2.75) is 67.4 Å². The Labute approximate surface area is 187 Å². The SMILES string of the molecule is CC=C(C)C(O)C(C)C=C(C)C=C(C)CC(C)=CCc1[nH]c(OC)c(OC)c(=O)c1C. The first-order valence-corrected chi connectivity index (χ1v) is 10.7. The molecule has 1 heterocycles. The highest BCUT2D eigenvalue weighted by Gasteiger charge is 2.15. The fourth-order valence-corrected chi connectivity index (χ4v) is 3.60. The number of aliphatic hydroxyl groups excluding tert-OH is 1.